The van der Waals surface area contributed by atoms with Crippen LogP contribution in [0, 0.1) is 0 Å². The van der Waals surface area contributed by atoms with Gasteiger partial charge < -0.3 is 5.32 Å². The molecule has 2 aromatic heterocycles. The summed E-state index contributed by atoms with van der Waals surface area (Å²) in [4.78, 5) is 4.37. The molecule has 0 atom stereocenters. The van der Waals surface area contributed by atoms with Gasteiger partial charge in [0.15, 0.2) is 0 Å². The molecule has 0 bridgehead atoms. The van der Waals surface area contributed by atoms with Crippen molar-refractivity contribution in [2.24, 2.45) is 0 Å². The molecular formula is C15H17N5. The third-order valence-corrected chi connectivity index (χ3v) is 3.27. The van der Waals surface area contributed by atoms with Gasteiger partial charge in [0.25, 0.3) is 0 Å². The van der Waals surface area contributed by atoms with E-state index in [0.29, 0.717) is 0 Å². The van der Waals surface area contributed by atoms with Crippen LogP contribution in [0.5, 0.6) is 0 Å². The van der Waals surface area contributed by atoms with E-state index in [1.807, 2.05) is 29.2 Å². The van der Waals surface area contributed by atoms with E-state index in [1.165, 1.54) is 10.9 Å². The highest BCUT2D eigenvalue weighted by Gasteiger charge is 2.00. The van der Waals surface area contributed by atoms with Gasteiger partial charge in [-0.3, -0.25) is 9.67 Å². The Kier molecular flexibility index (Phi) is 3.99. The summed E-state index contributed by atoms with van der Waals surface area (Å²) in [5.74, 6) is 0. The minimum Gasteiger partial charge on any atom is -0.313 e. The maximum absolute atomic E-state index is 4.37. The number of aryl methyl sites for hydroxylation is 1. The van der Waals surface area contributed by atoms with Crippen molar-refractivity contribution in [3.8, 4) is 0 Å². The van der Waals surface area contributed by atoms with Gasteiger partial charge >= 0.3 is 0 Å². The van der Waals surface area contributed by atoms with Crippen LogP contribution in [0.2, 0.25) is 0 Å². The molecule has 0 fully saturated rings. The molecule has 0 unspecified atom stereocenters. The lowest BCUT2D eigenvalue weighted by molar-refractivity contribution is 0.530. The van der Waals surface area contributed by atoms with Crippen LogP contribution >= 0.6 is 0 Å². The maximum Gasteiger partial charge on any atom is 0.0705 e. The molecular weight excluding hydrogens is 250 g/mol. The largest absolute Gasteiger partial charge is 0.313 e. The van der Waals surface area contributed by atoms with E-state index in [2.05, 4.69) is 38.8 Å². The summed E-state index contributed by atoms with van der Waals surface area (Å²) >= 11 is 0. The smallest absolute Gasteiger partial charge is 0.0705 e. The molecule has 0 aliphatic heterocycles. The Balaban J connectivity index is 1.52. The Morgan fingerprint density at radius 2 is 2.05 bits per heavy atom. The fourth-order valence-corrected chi connectivity index (χ4v) is 2.25. The molecule has 1 N–H and O–H groups in total. The Bertz CT molecular complexity index is 658. The van der Waals surface area contributed by atoms with Crippen molar-refractivity contribution >= 4 is 10.9 Å². The Hall–Kier alpha value is -2.27. The van der Waals surface area contributed by atoms with Crippen LogP contribution in [0.25, 0.3) is 10.9 Å². The highest BCUT2D eigenvalue weighted by Crippen LogP contribution is 2.15. The van der Waals surface area contributed by atoms with Crippen molar-refractivity contribution < 1.29 is 0 Å². The van der Waals surface area contributed by atoms with Crippen LogP contribution in [0.15, 0.2) is 48.9 Å². The Morgan fingerprint density at radius 3 is 2.95 bits per heavy atom. The van der Waals surface area contributed by atoms with Crippen LogP contribution in [0.3, 0.4) is 0 Å². The van der Waals surface area contributed by atoms with Gasteiger partial charge in [-0.2, -0.15) is 0 Å². The van der Waals surface area contributed by atoms with E-state index >= 15 is 0 Å². The number of nitrogens with zero attached hydrogens (tertiary/aromatic N) is 4. The van der Waals surface area contributed by atoms with Crippen molar-refractivity contribution in [3.63, 3.8) is 0 Å². The van der Waals surface area contributed by atoms with Crippen LogP contribution < -0.4 is 5.32 Å². The Morgan fingerprint density at radius 1 is 1.10 bits per heavy atom. The predicted octanol–water partition coefficient (Wildman–Crippen LogP) is 2.01. The number of aromatic nitrogens is 4. The summed E-state index contributed by atoms with van der Waals surface area (Å²) in [6, 6.07) is 10.3. The topological polar surface area (TPSA) is 55.6 Å². The van der Waals surface area contributed by atoms with Crippen molar-refractivity contribution in [2.45, 2.75) is 19.5 Å². The summed E-state index contributed by atoms with van der Waals surface area (Å²) in [5.41, 5.74) is 2.34. The van der Waals surface area contributed by atoms with E-state index in [4.69, 9.17) is 0 Å². The summed E-state index contributed by atoms with van der Waals surface area (Å²) < 4.78 is 1.85. The van der Waals surface area contributed by atoms with Gasteiger partial charge in [0.2, 0.25) is 0 Å². The van der Waals surface area contributed by atoms with E-state index < -0.39 is 0 Å². The molecule has 0 amide bonds. The molecule has 2 heterocycles. The fourth-order valence-electron chi connectivity index (χ4n) is 2.25. The number of pyridine rings is 1. The standard InChI is InChI=1S/C15H17N5/c1-2-5-15-14(4-1)13(6-8-17-15)12-16-7-3-10-20-11-9-18-19-20/h1-2,4-6,8-9,11,16H,3,7,10,12H2. The minimum absolute atomic E-state index is 0.861. The molecule has 5 nitrogen and oxygen atoms in total. The lowest BCUT2D eigenvalue weighted by atomic mass is 10.1. The van der Waals surface area contributed by atoms with Crippen molar-refractivity contribution in [1.29, 1.82) is 0 Å². The summed E-state index contributed by atoms with van der Waals surface area (Å²) in [6.45, 7) is 2.71. The maximum atomic E-state index is 4.37. The number of benzene rings is 1. The first-order valence-electron chi connectivity index (χ1n) is 6.81. The van der Waals surface area contributed by atoms with E-state index in [0.717, 1.165) is 31.6 Å². The second-order valence-electron chi connectivity index (χ2n) is 4.68. The third-order valence-electron chi connectivity index (χ3n) is 3.27. The lowest BCUT2D eigenvalue weighted by Crippen LogP contribution is -2.17. The quantitative estimate of drug-likeness (QED) is 0.694. The molecule has 3 rings (SSSR count). The van der Waals surface area contributed by atoms with Gasteiger partial charge in [0, 0.05) is 30.9 Å². The first-order chi connectivity index (χ1) is 9.93. The molecule has 5 heteroatoms. The second kappa shape index (κ2) is 6.25. The average molecular weight is 267 g/mol. The Labute approximate surface area is 117 Å². The zero-order valence-corrected chi connectivity index (χ0v) is 11.2. The first-order valence-corrected chi connectivity index (χ1v) is 6.81. The van der Waals surface area contributed by atoms with Crippen molar-refractivity contribution in [1.82, 2.24) is 25.3 Å². The van der Waals surface area contributed by atoms with E-state index in [1.54, 1.807) is 6.20 Å². The van der Waals surface area contributed by atoms with E-state index in [9.17, 15) is 0 Å². The molecule has 0 aliphatic carbocycles. The molecule has 20 heavy (non-hydrogen) atoms. The summed E-state index contributed by atoms with van der Waals surface area (Å²) in [7, 11) is 0. The zero-order chi connectivity index (χ0) is 13.6. The SMILES string of the molecule is c1ccc2c(CNCCCn3ccnn3)ccnc2c1. The van der Waals surface area contributed by atoms with Crippen LogP contribution in [0.4, 0.5) is 0 Å². The number of fused-ring (bicyclic) bond motifs is 1. The molecule has 0 saturated carbocycles. The summed E-state index contributed by atoms with van der Waals surface area (Å²) in [5, 5.41) is 12.4. The predicted molar refractivity (Wildman–Crippen MR) is 78.1 cm³/mol. The molecule has 0 spiro atoms. The monoisotopic (exact) mass is 267 g/mol. The highest BCUT2D eigenvalue weighted by molar-refractivity contribution is 5.81. The number of hydrogen-bond acceptors (Lipinski definition) is 4. The number of nitrogens with one attached hydrogen (secondary N) is 1. The molecule has 0 aliphatic rings. The van der Waals surface area contributed by atoms with Gasteiger partial charge in [-0.25, -0.2) is 0 Å². The van der Waals surface area contributed by atoms with Gasteiger partial charge in [-0.15, -0.1) is 5.10 Å². The normalized spacial score (nSPS) is 11.0. The van der Waals surface area contributed by atoms with Gasteiger partial charge in [0.05, 0.1) is 11.7 Å². The van der Waals surface area contributed by atoms with Crippen molar-refractivity contribution in [3.05, 3.63) is 54.5 Å². The van der Waals surface area contributed by atoms with Crippen LogP contribution in [-0.4, -0.2) is 26.5 Å². The van der Waals surface area contributed by atoms with Crippen LogP contribution in [0.1, 0.15) is 12.0 Å². The third kappa shape index (κ3) is 3.00. The molecule has 0 saturated heterocycles. The van der Waals surface area contributed by atoms with Gasteiger partial charge in [-0.1, -0.05) is 23.4 Å². The highest BCUT2D eigenvalue weighted by atomic mass is 15.4. The minimum atomic E-state index is 0.861. The van der Waals surface area contributed by atoms with Crippen LogP contribution in [-0.2, 0) is 13.1 Å². The molecule has 0 radical (unpaired) electrons. The number of hydrogen-bond donors (Lipinski definition) is 1. The van der Waals surface area contributed by atoms with Gasteiger partial charge in [-0.05, 0) is 30.7 Å². The zero-order valence-electron chi connectivity index (χ0n) is 11.2. The average Bonchev–Trinajstić information content (AvgIpc) is 3.00. The fraction of sp³-hybridized carbons (Fsp3) is 0.267. The first kappa shape index (κ1) is 12.7. The van der Waals surface area contributed by atoms with Gasteiger partial charge in [0.1, 0.15) is 0 Å². The summed E-state index contributed by atoms with van der Waals surface area (Å²) in [6.07, 6.45) is 6.49. The molecule has 3 aromatic rings. The number of rotatable bonds is 6. The lowest BCUT2D eigenvalue weighted by Gasteiger charge is -2.07. The second-order valence-corrected chi connectivity index (χ2v) is 4.68. The van der Waals surface area contributed by atoms with Crippen molar-refractivity contribution in [2.75, 3.05) is 6.54 Å². The molecule has 102 valence electrons. The number of para-hydroxylation sites is 1. The van der Waals surface area contributed by atoms with E-state index in [-0.39, 0.29) is 0 Å². The molecule has 1 aromatic carbocycles.